The fraction of sp³-hybridized carbons (Fsp3) is 0.750. The zero-order chi connectivity index (χ0) is 5.70. The molecule has 2 N–H and O–H groups in total. The molecule has 0 saturated carbocycles. The lowest BCUT2D eigenvalue weighted by molar-refractivity contribution is 0.366. The highest BCUT2D eigenvalue weighted by Crippen LogP contribution is 1.67. The molecule has 0 aromatic carbocycles. The van der Waals surface area contributed by atoms with Crippen LogP contribution in [0, 0.1) is 5.41 Å². The predicted molar refractivity (Wildman–Crippen MR) is 30.2 cm³/mol. The van der Waals surface area contributed by atoms with Gasteiger partial charge in [-0.2, -0.15) is 0 Å². The van der Waals surface area contributed by atoms with E-state index in [1.807, 2.05) is 6.92 Å². The van der Waals surface area contributed by atoms with Crippen LogP contribution in [0.3, 0.4) is 0 Å². The summed E-state index contributed by atoms with van der Waals surface area (Å²) in [6, 6.07) is 0. The molecule has 0 aromatic heterocycles. The zero-order valence-electron chi connectivity index (χ0n) is 4.73. The molecule has 0 saturated heterocycles. The first-order chi connectivity index (χ1) is 3.35. The van der Waals surface area contributed by atoms with Crippen LogP contribution in [0.1, 0.15) is 6.92 Å². The summed E-state index contributed by atoms with van der Waals surface area (Å²) in [6.07, 6.45) is 1.25. The van der Waals surface area contributed by atoms with E-state index in [-0.39, 0.29) is 0 Å². The monoisotopic (exact) mass is 101 g/mol. The Kier molecular flexibility index (Phi) is 3.32. The average molecular weight is 101 g/mol. The van der Waals surface area contributed by atoms with E-state index < -0.39 is 0 Å². The topological polar surface area (TPSA) is 39.1 Å². The van der Waals surface area contributed by atoms with Crippen molar-refractivity contribution in [2.75, 3.05) is 13.6 Å². The van der Waals surface area contributed by atoms with Crippen molar-refractivity contribution in [2.45, 2.75) is 6.92 Å². The van der Waals surface area contributed by atoms with E-state index in [4.69, 9.17) is 5.41 Å². The van der Waals surface area contributed by atoms with Crippen LogP contribution in [0.4, 0.5) is 0 Å². The molecule has 0 heterocycles. The first kappa shape index (κ1) is 6.43. The fourth-order valence-electron chi connectivity index (χ4n) is 0.314. The van der Waals surface area contributed by atoms with Gasteiger partial charge in [0.25, 0.3) is 0 Å². The lowest BCUT2D eigenvalue weighted by atomic mass is 10.7. The largest absolute Gasteiger partial charge is 0.299 e. The lowest BCUT2D eigenvalue weighted by Gasteiger charge is -2.12. The van der Waals surface area contributed by atoms with Gasteiger partial charge in [-0.3, -0.25) is 10.4 Å². The molecule has 3 nitrogen and oxygen atoms in total. The second-order valence-electron chi connectivity index (χ2n) is 1.14. The Balaban J connectivity index is 3.16. The summed E-state index contributed by atoms with van der Waals surface area (Å²) in [5.74, 6) is 0. The standard InChI is InChI=1S/C4H11N3/c1-3-7(4-5)6-2/h4-6H,3H2,1-2H3. The van der Waals surface area contributed by atoms with Crippen LogP contribution in [0.25, 0.3) is 0 Å². The van der Waals surface area contributed by atoms with Gasteiger partial charge in [0.15, 0.2) is 0 Å². The van der Waals surface area contributed by atoms with Gasteiger partial charge in [0.05, 0.1) is 6.34 Å². The Morgan fingerprint density at radius 2 is 2.43 bits per heavy atom. The van der Waals surface area contributed by atoms with Crippen LogP contribution < -0.4 is 5.43 Å². The summed E-state index contributed by atoms with van der Waals surface area (Å²) in [6.45, 7) is 2.81. The van der Waals surface area contributed by atoms with Crippen molar-refractivity contribution in [3.63, 3.8) is 0 Å². The van der Waals surface area contributed by atoms with Crippen molar-refractivity contribution < 1.29 is 0 Å². The molecule has 7 heavy (non-hydrogen) atoms. The Hall–Kier alpha value is -0.570. The van der Waals surface area contributed by atoms with Gasteiger partial charge in [0.2, 0.25) is 0 Å². The van der Waals surface area contributed by atoms with E-state index in [9.17, 15) is 0 Å². The van der Waals surface area contributed by atoms with Gasteiger partial charge in [0, 0.05) is 13.6 Å². The molecule has 0 atom stereocenters. The minimum absolute atomic E-state index is 0.833. The summed E-state index contributed by atoms with van der Waals surface area (Å²) in [5, 5.41) is 8.36. The van der Waals surface area contributed by atoms with Crippen molar-refractivity contribution in [3.05, 3.63) is 0 Å². The second kappa shape index (κ2) is 3.61. The van der Waals surface area contributed by atoms with Gasteiger partial charge >= 0.3 is 0 Å². The zero-order valence-corrected chi connectivity index (χ0v) is 4.73. The minimum atomic E-state index is 0.833. The molecule has 0 unspecified atom stereocenters. The highest BCUT2D eigenvalue weighted by molar-refractivity contribution is 5.49. The van der Waals surface area contributed by atoms with E-state index in [0.717, 1.165) is 6.54 Å². The number of hydrogen-bond donors (Lipinski definition) is 2. The molecular weight excluding hydrogens is 90.1 g/mol. The third-order valence-corrected chi connectivity index (χ3v) is 0.784. The normalized spacial score (nSPS) is 8.29. The highest BCUT2D eigenvalue weighted by atomic mass is 15.5. The number of hydrazine groups is 1. The number of rotatable bonds is 3. The van der Waals surface area contributed by atoms with Crippen molar-refractivity contribution in [1.29, 1.82) is 5.41 Å². The van der Waals surface area contributed by atoms with E-state index in [1.165, 1.54) is 6.34 Å². The quantitative estimate of drug-likeness (QED) is 0.299. The van der Waals surface area contributed by atoms with Crippen molar-refractivity contribution in [2.24, 2.45) is 0 Å². The van der Waals surface area contributed by atoms with Crippen LogP contribution in [0.2, 0.25) is 0 Å². The highest BCUT2D eigenvalue weighted by Gasteiger charge is 1.83. The molecule has 0 radical (unpaired) electrons. The smallest absolute Gasteiger partial charge is 0.0960 e. The van der Waals surface area contributed by atoms with E-state index >= 15 is 0 Å². The molecule has 0 spiro atoms. The SMILES string of the molecule is CCN(C=N)NC. The first-order valence-electron chi connectivity index (χ1n) is 2.29. The second-order valence-corrected chi connectivity index (χ2v) is 1.14. The van der Waals surface area contributed by atoms with E-state index in [1.54, 1.807) is 12.1 Å². The third-order valence-electron chi connectivity index (χ3n) is 0.784. The molecule has 0 fully saturated rings. The molecule has 0 bridgehead atoms. The maximum absolute atomic E-state index is 6.70. The molecule has 0 aliphatic heterocycles. The summed E-state index contributed by atoms with van der Waals surface area (Å²) in [4.78, 5) is 0. The van der Waals surface area contributed by atoms with Gasteiger partial charge in [-0.1, -0.05) is 0 Å². The molecule has 3 heteroatoms. The van der Waals surface area contributed by atoms with Crippen molar-refractivity contribution in [1.82, 2.24) is 10.4 Å². The van der Waals surface area contributed by atoms with Gasteiger partial charge in [-0.05, 0) is 6.92 Å². The summed E-state index contributed by atoms with van der Waals surface area (Å²) in [5.41, 5.74) is 2.79. The minimum Gasteiger partial charge on any atom is -0.299 e. The van der Waals surface area contributed by atoms with Crippen LogP contribution in [-0.4, -0.2) is 24.9 Å². The van der Waals surface area contributed by atoms with Gasteiger partial charge in [0.1, 0.15) is 0 Å². The molecule has 42 valence electrons. The Bertz CT molecular complexity index is 48.9. The van der Waals surface area contributed by atoms with Gasteiger partial charge in [-0.15, -0.1) is 0 Å². The fourth-order valence-corrected chi connectivity index (χ4v) is 0.314. The van der Waals surface area contributed by atoms with Crippen LogP contribution in [0.5, 0.6) is 0 Å². The van der Waals surface area contributed by atoms with Crippen LogP contribution >= 0.6 is 0 Å². The Morgan fingerprint density at radius 1 is 1.86 bits per heavy atom. The summed E-state index contributed by atoms with van der Waals surface area (Å²) in [7, 11) is 1.79. The maximum atomic E-state index is 6.70. The molecule has 0 rings (SSSR count). The Labute approximate surface area is 43.8 Å². The molecule has 0 aliphatic carbocycles. The molecule has 0 aromatic rings. The first-order valence-corrected chi connectivity index (χ1v) is 2.29. The summed E-state index contributed by atoms with van der Waals surface area (Å²) < 4.78 is 0. The summed E-state index contributed by atoms with van der Waals surface area (Å²) >= 11 is 0. The number of nitrogens with one attached hydrogen (secondary N) is 2. The third kappa shape index (κ3) is 2.17. The van der Waals surface area contributed by atoms with E-state index in [2.05, 4.69) is 5.43 Å². The molecule has 0 aliphatic rings. The predicted octanol–water partition coefficient (Wildman–Crippen LogP) is 0.0498. The van der Waals surface area contributed by atoms with Crippen LogP contribution in [-0.2, 0) is 0 Å². The lowest BCUT2D eigenvalue weighted by Crippen LogP contribution is -2.32. The molecular formula is C4H11N3. The number of nitrogens with zero attached hydrogens (tertiary/aromatic N) is 1. The van der Waals surface area contributed by atoms with E-state index in [0.29, 0.717) is 0 Å². The maximum Gasteiger partial charge on any atom is 0.0960 e. The van der Waals surface area contributed by atoms with Crippen molar-refractivity contribution in [3.8, 4) is 0 Å². The Morgan fingerprint density at radius 3 is 2.43 bits per heavy atom. The van der Waals surface area contributed by atoms with Gasteiger partial charge in [-0.25, -0.2) is 5.43 Å². The molecule has 0 amide bonds. The van der Waals surface area contributed by atoms with Gasteiger partial charge < -0.3 is 0 Å². The average Bonchev–Trinajstić information content (AvgIpc) is 1.72. The van der Waals surface area contributed by atoms with Crippen LogP contribution in [0.15, 0.2) is 0 Å². The number of hydrogen-bond acceptors (Lipinski definition) is 2. The van der Waals surface area contributed by atoms with Crippen molar-refractivity contribution >= 4 is 6.34 Å².